The Balaban J connectivity index is 2.00. The summed E-state index contributed by atoms with van der Waals surface area (Å²) < 4.78 is 0. The number of hydrogen-bond donors (Lipinski definition) is 2. The lowest BCUT2D eigenvalue weighted by molar-refractivity contribution is -0.385. The van der Waals surface area contributed by atoms with E-state index in [1.165, 1.54) is 6.07 Å². The van der Waals surface area contributed by atoms with E-state index in [0.29, 0.717) is 30.0 Å². The van der Waals surface area contributed by atoms with Crippen molar-refractivity contribution in [1.29, 1.82) is 0 Å². The molecule has 6 nitrogen and oxygen atoms in total. The lowest BCUT2D eigenvalue weighted by atomic mass is 9.96. The van der Waals surface area contributed by atoms with E-state index < -0.39 is 4.92 Å². The van der Waals surface area contributed by atoms with Gasteiger partial charge in [-0.1, -0.05) is 13.0 Å². The molecule has 1 aliphatic heterocycles. The lowest BCUT2D eigenvalue weighted by Crippen LogP contribution is -2.32. The Morgan fingerprint density at radius 1 is 1.52 bits per heavy atom. The van der Waals surface area contributed by atoms with Crippen LogP contribution in [0, 0.1) is 16.0 Å². The van der Waals surface area contributed by atoms with Crippen LogP contribution in [0.4, 0.5) is 11.4 Å². The van der Waals surface area contributed by atoms with Crippen LogP contribution in [0.3, 0.4) is 0 Å². The molecule has 0 aliphatic carbocycles. The molecule has 2 N–H and O–H groups in total. The molecule has 1 aromatic carbocycles. The molecule has 1 aliphatic rings. The van der Waals surface area contributed by atoms with Gasteiger partial charge in [-0.3, -0.25) is 14.9 Å². The van der Waals surface area contributed by atoms with E-state index in [4.69, 9.17) is 0 Å². The predicted octanol–water partition coefficient (Wildman–Crippen LogP) is 2.49. The van der Waals surface area contributed by atoms with Gasteiger partial charge in [0.15, 0.2) is 0 Å². The number of benzene rings is 1. The van der Waals surface area contributed by atoms with Crippen LogP contribution >= 0.6 is 0 Å². The maximum Gasteiger partial charge on any atom is 0.274 e. The second-order valence-electron chi connectivity index (χ2n) is 5.42. The molecule has 21 heavy (non-hydrogen) atoms. The summed E-state index contributed by atoms with van der Waals surface area (Å²) in [4.78, 5) is 22.6. The summed E-state index contributed by atoms with van der Waals surface area (Å²) >= 11 is 0. The number of piperidine rings is 1. The number of aryl methyl sites for hydroxylation is 1. The Morgan fingerprint density at radius 2 is 2.33 bits per heavy atom. The Morgan fingerprint density at radius 3 is 2.95 bits per heavy atom. The Hall–Kier alpha value is -1.95. The molecule has 1 atom stereocenters. The minimum absolute atomic E-state index is 0.0645. The van der Waals surface area contributed by atoms with Crippen molar-refractivity contribution in [2.24, 2.45) is 5.92 Å². The van der Waals surface area contributed by atoms with Gasteiger partial charge in [0.05, 0.1) is 4.92 Å². The number of hydrogen-bond acceptors (Lipinski definition) is 4. The standard InChI is InChI=1S/C15H21N3O3/c1-2-12-5-6-13(9-14(12)18(20)21)17-15(19)8-11-4-3-7-16-10-11/h5-6,9,11,16H,2-4,7-8,10H2,1H3,(H,17,19). The quantitative estimate of drug-likeness (QED) is 0.645. The topological polar surface area (TPSA) is 84.3 Å². The third-order valence-electron chi connectivity index (χ3n) is 3.82. The summed E-state index contributed by atoms with van der Waals surface area (Å²) in [6, 6.07) is 4.87. The Kier molecular flexibility index (Phi) is 5.27. The third kappa shape index (κ3) is 4.26. The zero-order valence-corrected chi connectivity index (χ0v) is 12.2. The molecule has 1 heterocycles. The van der Waals surface area contributed by atoms with Gasteiger partial charge in [0, 0.05) is 23.7 Å². The van der Waals surface area contributed by atoms with Crippen molar-refractivity contribution < 1.29 is 9.72 Å². The van der Waals surface area contributed by atoms with Crippen LogP contribution in [0.1, 0.15) is 31.7 Å². The molecule has 114 valence electrons. The summed E-state index contributed by atoms with van der Waals surface area (Å²) in [5, 5.41) is 17.1. The predicted molar refractivity (Wildman–Crippen MR) is 81.3 cm³/mol. The highest BCUT2D eigenvalue weighted by molar-refractivity contribution is 5.91. The maximum absolute atomic E-state index is 12.0. The van der Waals surface area contributed by atoms with Gasteiger partial charge in [0.2, 0.25) is 5.91 Å². The highest BCUT2D eigenvalue weighted by atomic mass is 16.6. The van der Waals surface area contributed by atoms with Crippen molar-refractivity contribution >= 4 is 17.3 Å². The number of carbonyl (C=O) groups is 1. The van der Waals surface area contributed by atoms with Crippen LogP contribution < -0.4 is 10.6 Å². The number of nitrogens with one attached hydrogen (secondary N) is 2. The zero-order chi connectivity index (χ0) is 15.2. The van der Waals surface area contributed by atoms with E-state index in [-0.39, 0.29) is 11.6 Å². The molecule has 1 unspecified atom stereocenters. The molecule has 0 aromatic heterocycles. The largest absolute Gasteiger partial charge is 0.326 e. The first kappa shape index (κ1) is 15.4. The number of rotatable bonds is 5. The second kappa shape index (κ2) is 7.17. The van der Waals surface area contributed by atoms with Gasteiger partial charge in [0.1, 0.15) is 0 Å². The molecule has 0 spiro atoms. The fourth-order valence-electron chi connectivity index (χ4n) is 2.68. The number of nitro benzene ring substituents is 1. The van der Waals surface area contributed by atoms with E-state index in [9.17, 15) is 14.9 Å². The highest BCUT2D eigenvalue weighted by Gasteiger charge is 2.18. The summed E-state index contributed by atoms with van der Waals surface area (Å²) in [5.41, 5.74) is 1.23. The van der Waals surface area contributed by atoms with E-state index in [1.54, 1.807) is 12.1 Å². The van der Waals surface area contributed by atoms with Crippen LogP contribution in [0.15, 0.2) is 18.2 Å². The van der Waals surface area contributed by atoms with Crippen molar-refractivity contribution in [3.05, 3.63) is 33.9 Å². The van der Waals surface area contributed by atoms with E-state index in [2.05, 4.69) is 10.6 Å². The van der Waals surface area contributed by atoms with Crippen LogP contribution in [0.25, 0.3) is 0 Å². The number of nitrogens with zero attached hydrogens (tertiary/aromatic N) is 1. The molecule has 1 fully saturated rings. The second-order valence-corrected chi connectivity index (χ2v) is 5.42. The smallest absolute Gasteiger partial charge is 0.274 e. The van der Waals surface area contributed by atoms with Gasteiger partial charge >= 0.3 is 0 Å². The van der Waals surface area contributed by atoms with Crippen LogP contribution in [-0.4, -0.2) is 23.9 Å². The van der Waals surface area contributed by atoms with E-state index >= 15 is 0 Å². The number of anilines is 1. The first-order chi connectivity index (χ1) is 10.1. The van der Waals surface area contributed by atoms with E-state index in [1.807, 2.05) is 6.92 Å². The molecule has 0 saturated carbocycles. The molecule has 0 bridgehead atoms. The molecular weight excluding hydrogens is 270 g/mol. The first-order valence-corrected chi connectivity index (χ1v) is 7.38. The average Bonchev–Trinajstić information content (AvgIpc) is 2.48. The first-order valence-electron chi connectivity index (χ1n) is 7.38. The van der Waals surface area contributed by atoms with Crippen LogP contribution in [0.5, 0.6) is 0 Å². The van der Waals surface area contributed by atoms with Gasteiger partial charge < -0.3 is 10.6 Å². The summed E-state index contributed by atoms with van der Waals surface area (Å²) in [6.45, 7) is 3.75. The van der Waals surface area contributed by atoms with Crippen molar-refractivity contribution in [2.75, 3.05) is 18.4 Å². The Labute approximate surface area is 124 Å². The SMILES string of the molecule is CCc1ccc(NC(=O)CC2CCCNC2)cc1[N+](=O)[O-]. The van der Waals surface area contributed by atoms with Crippen LogP contribution in [0.2, 0.25) is 0 Å². The molecular formula is C15H21N3O3. The fourth-order valence-corrected chi connectivity index (χ4v) is 2.68. The minimum Gasteiger partial charge on any atom is -0.326 e. The number of amides is 1. The highest BCUT2D eigenvalue weighted by Crippen LogP contribution is 2.24. The average molecular weight is 291 g/mol. The van der Waals surface area contributed by atoms with Gasteiger partial charge in [-0.05, 0) is 44.3 Å². The molecule has 0 radical (unpaired) electrons. The minimum atomic E-state index is -0.403. The molecule has 6 heteroatoms. The summed E-state index contributed by atoms with van der Waals surface area (Å²) in [6.07, 6.45) is 3.19. The van der Waals surface area contributed by atoms with Gasteiger partial charge in [-0.25, -0.2) is 0 Å². The lowest BCUT2D eigenvalue weighted by Gasteiger charge is -2.22. The van der Waals surface area contributed by atoms with Crippen molar-refractivity contribution in [1.82, 2.24) is 5.32 Å². The normalized spacial score (nSPS) is 18.2. The van der Waals surface area contributed by atoms with Crippen molar-refractivity contribution in [3.63, 3.8) is 0 Å². The van der Waals surface area contributed by atoms with Gasteiger partial charge in [-0.2, -0.15) is 0 Å². The van der Waals surface area contributed by atoms with Crippen molar-refractivity contribution in [3.8, 4) is 0 Å². The molecule has 1 saturated heterocycles. The Bertz CT molecular complexity index is 525. The molecule has 1 aromatic rings. The summed E-state index contributed by atoms with van der Waals surface area (Å²) in [7, 11) is 0. The molecule has 1 amide bonds. The third-order valence-corrected chi connectivity index (χ3v) is 3.82. The fraction of sp³-hybridized carbons (Fsp3) is 0.533. The number of carbonyl (C=O) groups excluding carboxylic acids is 1. The monoisotopic (exact) mass is 291 g/mol. The van der Waals surface area contributed by atoms with Gasteiger partial charge in [0.25, 0.3) is 5.69 Å². The van der Waals surface area contributed by atoms with E-state index in [0.717, 1.165) is 25.9 Å². The number of nitro groups is 1. The van der Waals surface area contributed by atoms with Gasteiger partial charge in [-0.15, -0.1) is 0 Å². The molecule has 2 rings (SSSR count). The maximum atomic E-state index is 12.0. The summed E-state index contributed by atoms with van der Waals surface area (Å²) in [5.74, 6) is 0.269. The zero-order valence-electron chi connectivity index (χ0n) is 12.2. The van der Waals surface area contributed by atoms with Crippen LogP contribution in [-0.2, 0) is 11.2 Å². The van der Waals surface area contributed by atoms with Crippen molar-refractivity contribution in [2.45, 2.75) is 32.6 Å².